The fourth-order valence-corrected chi connectivity index (χ4v) is 2.09. The first-order valence-electron chi connectivity index (χ1n) is 4.97. The molecular weight excluding hydrogens is 305 g/mol. The van der Waals surface area contributed by atoms with Crippen LogP contribution in [0.15, 0.2) is 28.9 Å². The molecule has 0 saturated carbocycles. The van der Waals surface area contributed by atoms with Crippen molar-refractivity contribution in [1.29, 1.82) is 0 Å². The van der Waals surface area contributed by atoms with Gasteiger partial charge in [0.05, 0.1) is 12.2 Å². The zero-order valence-electron chi connectivity index (χ0n) is 9.10. The fraction of sp³-hybridized carbons (Fsp3) is 0.0909. The Hall–Kier alpha value is -1.89. The minimum Gasteiger partial charge on any atom is -0.476 e. The SMILES string of the molecule is Nc1cn(Cc2cc(F)cc(Br)c2)nc1C(=O)O. The Bertz CT molecular complexity index is 592. The Morgan fingerprint density at radius 2 is 2.22 bits per heavy atom. The number of benzene rings is 1. The van der Waals surface area contributed by atoms with Crippen molar-refractivity contribution in [3.63, 3.8) is 0 Å². The van der Waals surface area contributed by atoms with Crippen LogP contribution >= 0.6 is 15.9 Å². The number of rotatable bonds is 3. The molecule has 0 atom stereocenters. The van der Waals surface area contributed by atoms with Gasteiger partial charge in [0.25, 0.3) is 0 Å². The molecule has 0 unspecified atom stereocenters. The first kappa shape index (κ1) is 12.6. The molecule has 18 heavy (non-hydrogen) atoms. The predicted molar refractivity (Wildman–Crippen MR) is 66.8 cm³/mol. The molecule has 1 heterocycles. The van der Waals surface area contributed by atoms with E-state index in [4.69, 9.17) is 10.8 Å². The quantitative estimate of drug-likeness (QED) is 0.909. The van der Waals surface area contributed by atoms with E-state index in [1.807, 2.05) is 0 Å². The van der Waals surface area contributed by atoms with Gasteiger partial charge in [0.1, 0.15) is 5.82 Å². The number of nitrogens with two attached hydrogens (primary N) is 1. The zero-order chi connectivity index (χ0) is 13.3. The lowest BCUT2D eigenvalue weighted by Crippen LogP contribution is -2.04. The number of carboxylic acids is 1. The first-order chi connectivity index (χ1) is 8.45. The second kappa shape index (κ2) is 4.77. The second-order valence-electron chi connectivity index (χ2n) is 3.71. The lowest BCUT2D eigenvalue weighted by atomic mass is 10.2. The number of aromatic carboxylic acids is 1. The van der Waals surface area contributed by atoms with Crippen molar-refractivity contribution >= 4 is 27.6 Å². The van der Waals surface area contributed by atoms with Crippen molar-refractivity contribution in [2.75, 3.05) is 5.73 Å². The van der Waals surface area contributed by atoms with E-state index in [1.54, 1.807) is 6.07 Å². The lowest BCUT2D eigenvalue weighted by molar-refractivity contribution is 0.0690. The second-order valence-corrected chi connectivity index (χ2v) is 4.63. The van der Waals surface area contributed by atoms with Crippen LogP contribution in [0.2, 0.25) is 0 Å². The molecule has 0 aliphatic carbocycles. The third kappa shape index (κ3) is 2.67. The summed E-state index contributed by atoms with van der Waals surface area (Å²) in [7, 11) is 0. The van der Waals surface area contributed by atoms with Crippen LogP contribution in [0.25, 0.3) is 0 Å². The number of nitrogens with zero attached hydrogens (tertiary/aromatic N) is 2. The summed E-state index contributed by atoms with van der Waals surface area (Å²) in [6.07, 6.45) is 1.41. The zero-order valence-corrected chi connectivity index (χ0v) is 10.7. The van der Waals surface area contributed by atoms with Crippen molar-refractivity contribution in [3.8, 4) is 0 Å². The summed E-state index contributed by atoms with van der Waals surface area (Å²) in [4.78, 5) is 10.8. The number of halogens is 2. The molecule has 5 nitrogen and oxygen atoms in total. The van der Waals surface area contributed by atoms with Crippen molar-refractivity contribution in [1.82, 2.24) is 9.78 Å². The molecule has 94 valence electrons. The average molecular weight is 314 g/mol. The average Bonchev–Trinajstić information content (AvgIpc) is 2.57. The van der Waals surface area contributed by atoms with Gasteiger partial charge in [-0.15, -0.1) is 0 Å². The molecule has 3 N–H and O–H groups in total. The standard InChI is InChI=1S/C11H9BrFN3O2/c12-7-1-6(2-8(13)3-7)4-16-5-9(14)10(15-16)11(17)18/h1-3,5H,4,14H2,(H,17,18). The maximum absolute atomic E-state index is 13.2. The maximum Gasteiger partial charge on any atom is 0.358 e. The third-order valence-electron chi connectivity index (χ3n) is 2.26. The van der Waals surface area contributed by atoms with Gasteiger partial charge in [0, 0.05) is 10.7 Å². The van der Waals surface area contributed by atoms with Gasteiger partial charge >= 0.3 is 5.97 Å². The fourth-order valence-electron chi connectivity index (χ4n) is 1.57. The summed E-state index contributed by atoms with van der Waals surface area (Å²) in [5, 5.41) is 12.6. The van der Waals surface area contributed by atoms with Gasteiger partial charge in [-0.3, -0.25) is 4.68 Å². The molecule has 0 saturated heterocycles. The van der Waals surface area contributed by atoms with E-state index in [0.717, 1.165) is 0 Å². The summed E-state index contributed by atoms with van der Waals surface area (Å²) in [6, 6.07) is 4.41. The van der Waals surface area contributed by atoms with E-state index >= 15 is 0 Å². The minimum atomic E-state index is -1.19. The lowest BCUT2D eigenvalue weighted by Gasteiger charge is -2.03. The number of carbonyl (C=O) groups is 1. The number of carboxylic acid groups (broad SMARTS) is 1. The number of nitrogen functional groups attached to an aromatic ring is 1. The highest BCUT2D eigenvalue weighted by molar-refractivity contribution is 9.10. The van der Waals surface area contributed by atoms with Gasteiger partial charge in [-0.1, -0.05) is 15.9 Å². The summed E-state index contributed by atoms with van der Waals surface area (Å²) < 4.78 is 15.1. The Balaban J connectivity index is 2.28. The van der Waals surface area contributed by atoms with Gasteiger partial charge in [-0.2, -0.15) is 5.10 Å². The van der Waals surface area contributed by atoms with E-state index in [2.05, 4.69) is 21.0 Å². The Kier molecular flexibility index (Phi) is 3.33. The molecule has 0 aliphatic heterocycles. The highest BCUT2D eigenvalue weighted by Gasteiger charge is 2.13. The number of hydrogen-bond donors (Lipinski definition) is 2. The molecule has 2 rings (SSSR count). The summed E-state index contributed by atoms with van der Waals surface area (Å²) in [5.41, 5.74) is 6.04. The van der Waals surface area contributed by atoms with Crippen LogP contribution in [0.5, 0.6) is 0 Å². The number of aromatic nitrogens is 2. The monoisotopic (exact) mass is 313 g/mol. The van der Waals surface area contributed by atoms with Gasteiger partial charge in [-0.05, 0) is 23.8 Å². The molecular formula is C11H9BrFN3O2. The van der Waals surface area contributed by atoms with E-state index < -0.39 is 5.97 Å². The molecule has 0 amide bonds. The molecule has 0 aliphatic rings. The van der Waals surface area contributed by atoms with Crippen LogP contribution in [0, 0.1) is 5.82 Å². The van der Waals surface area contributed by atoms with Gasteiger partial charge in [0.2, 0.25) is 0 Å². The van der Waals surface area contributed by atoms with Crippen molar-refractivity contribution in [2.45, 2.75) is 6.54 Å². The van der Waals surface area contributed by atoms with Crippen LogP contribution in [-0.4, -0.2) is 20.9 Å². The topological polar surface area (TPSA) is 81.1 Å². The minimum absolute atomic E-state index is 0.0815. The highest BCUT2D eigenvalue weighted by atomic mass is 79.9. The Morgan fingerprint density at radius 1 is 1.50 bits per heavy atom. The first-order valence-corrected chi connectivity index (χ1v) is 5.76. The maximum atomic E-state index is 13.2. The Morgan fingerprint density at radius 3 is 2.78 bits per heavy atom. The van der Waals surface area contributed by atoms with Crippen LogP contribution < -0.4 is 5.73 Å². The molecule has 1 aromatic heterocycles. The molecule has 0 radical (unpaired) electrons. The van der Waals surface area contributed by atoms with E-state index in [9.17, 15) is 9.18 Å². The summed E-state index contributed by atoms with van der Waals surface area (Å²) in [5.74, 6) is -1.57. The Labute approximate surface area is 110 Å². The van der Waals surface area contributed by atoms with Gasteiger partial charge in [-0.25, -0.2) is 9.18 Å². The van der Waals surface area contributed by atoms with E-state index in [0.29, 0.717) is 10.0 Å². The number of hydrogen-bond acceptors (Lipinski definition) is 3. The van der Waals surface area contributed by atoms with Crippen LogP contribution in [0.1, 0.15) is 16.1 Å². The highest BCUT2D eigenvalue weighted by Crippen LogP contribution is 2.17. The number of anilines is 1. The largest absolute Gasteiger partial charge is 0.476 e. The molecule has 0 bridgehead atoms. The van der Waals surface area contributed by atoms with Crippen LogP contribution in [0.4, 0.5) is 10.1 Å². The van der Waals surface area contributed by atoms with E-state index in [-0.39, 0.29) is 23.7 Å². The van der Waals surface area contributed by atoms with E-state index in [1.165, 1.54) is 23.0 Å². The third-order valence-corrected chi connectivity index (χ3v) is 2.72. The molecule has 1 aromatic carbocycles. The summed E-state index contributed by atoms with van der Waals surface area (Å²) in [6.45, 7) is 0.244. The van der Waals surface area contributed by atoms with Crippen molar-refractivity contribution in [2.24, 2.45) is 0 Å². The van der Waals surface area contributed by atoms with Crippen LogP contribution in [0.3, 0.4) is 0 Å². The normalized spacial score (nSPS) is 10.6. The smallest absolute Gasteiger partial charge is 0.358 e. The summed E-state index contributed by atoms with van der Waals surface area (Å²) >= 11 is 3.18. The van der Waals surface area contributed by atoms with Gasteiger partial charge in [0.15, 0.2) is 5.69 Å². The molecule has 0 fully saturated rings. The van der Waals surface area contributed by atoms with Gasteiger partial charge < -0.3 is 10.8 Å². The van der Waals surface area contributed by atoms with Crippen molar-refractivity contribution in [3.05, 3.63) is 45.9 Å². The van der Waals surface area contributed by atoms with Crippen LogP contribution in [-0.2, 0) is 6.54 Å². The predicted octanol–water partition coefficient (Wildman–Crippen LogP) is 2.11. The molecule has 7 heteroatoms. The molecule has 2 aromatic rings. The molecule has 0 spiro atoms. The van der Waals surface area contributed by atoms with Crippen molar-refractivity contribution < 1.29 is 14.3 Å².